The fourth-order valence-corrected chi connectivity index (χ4v) is 2.10. The maximum Gasteiger partial charge on any atom is 0.0680 e. The molecular weight excluding hydrogens is 196 g/mol. The van der Waals surface area contributed by atoms with Gasteiger partial charge in [0.05, 0.1) is 5.69 Å². The van der Waals surface area contributed by atoms with E-state index >= 15 is 0 Å². The van der Waals surface area contributed by atoms with Crippen molar-refractivity contribution in [1.29, 1.82) is 0 Å². The molecule has 0 aliphatic heterocycles. The summed E-state index contributed by atoms with van der Waals surface area (Å²) in [6, 6.07) is 2.23. The monoisotopic (exact) mass is 219 g/mol. The van der Waals surface area contributed by atoms with Crippen LogP contribution in [0, 0.1) is 12.8 Å². The first kappa shape index (κ1) is 11.7. The van der Waals surface area contributed by atoms with Gasteiger partial charge in [-0.1, -0.05) is 27.2 Å². The Hall–Kier alpha value is -0.790. The maximum absolute atomic E-state index is 4.75. The number of hydrogen-bond acceptors (Lipinski definition) is 1. The molecule has 2 rings (SSSR count). The van der Waals surface area contributed by atoms with Crippen LogP contribution in [0.15, 0.2) is 6.07 Å². The molecule has 0 atom stereocenters. The first-order valence-corrected chi connectivity index (χ1v) is 6.37. The van der Waals surface area contributed by atoms with Crippen LogP contribution in [0.2, 0.25) is 0 Å². The average molecular weight is 219 g/mol. The van der Waals surface area contributed by atoms with Crippen molar-refractivity contribution >= 4 is 0 Å². The molecule has 1 aromatic heterocycles. The largest absolute Gasteiger partial charge is 0.269 e. The summed E-state index contributed by atoms with van der Waals surface area (Å²) < 4.78 is 2.19. The van der Waals surface area contributed by atoms with E-state index in [0.717, 1.165) is 18.9 Å². The van der Waals surface area contributed by atoms with Crippen LogP contribution >= 0.6 is 0 Å². The summed E-state index contributed by atoms with van der Waals surface area (Å²) in [6.07, 6.45) is 5.00. The lowest BCUT2D eigenvalue weighted by molar-refractivity contribution is 0.262. The molecule has 1 aromatic rings. The third-order valence-corrected chi connectivity index (χ3v) is 3.54. The Kier molecular flexibility index (Phi) is 3.09. The highest BCUT2D eigenvalue weighted by Gasteiger charge is 2.22. The Bertz CT molecular complexity index is 353. The first-order valence-electron chi connectivity index (χ1n) is 6.37. The van der Waals surface area contributed by atoms with Crippen LogP contribution in [0.25, 0.3) is 0 Å². The Morgan fingerprint density at radius 2 is 2.12 bits per heavy atom. The normalized spacial score (nSPS) is 17.5. The lowest BCUT2D eigenvalue weighted by atomic mass is 9.85. The zero-order valence-corrected chi connectivity index (χ0v) is 10.8. The molecule has 1 fully saturated rings. The van der Waals surface area contributed by atoms with Crippen molar-refractivity contribution in [2.75, 3.05) is 0 Å². The van der Waals surface area contributed by atoms with Gasteiger partial charge in [0.2, 0.25) is 0 Å². The van der Waals surface area contributed by atoms with E-state index in [1.807, 2.05) is 0 Å². The van der Waals surface area contributed by atoms with E-state index in [-0.39, 0.29) is 5.41 Å². The van der Waals surface area contributed by atoms with Gasteiger partial charge < -0.3 is 0 Å². The predicted molar refractivity (Wildman–Crippen MR) is 67.3 cm³/mol. The summed E-state index contributed by atoms with van der Waals surface area (Å²) in [5.74, 6) is 0.859. The lowest BCUT2D eigenvalue weighted by Crippen LogP contribution is -2.21. The van der Waals surface area contributed by atoms with Gasteiger partial charge in [-0.05, 0) is 38.2 Å². The Morgan fingerprint density at radius 1 is 1.44 bits per heavy atom. The number of nitrogens with zero attached hydrogens (tertiary/aromatic N) is 2. The van der Waals surface area contributed by atoms with Gasteiger partial charge in [0.1, 0.15) is 0 Å². The molecule has 0 aromatic carbocycles. The number of aromatic nitrogens is 2. The van der Waals surface area contributed by atoms with E-state index in [2.05, 4.69) is 38.4 Å². The molecular formula is C14H23N2. The van der Waals surface area contributed by atoms with Crippen LogP contribution < -0.4 is 0 Å². The van der Waals surface area contributed by atoms with Crippen molar-refractivity contribution in [2.24, 2.45) is 5.92 Å². The second-order valence-corrected chi connectivity index (χ2v) is 6.00. The Labute approximate surface area is 99.0 Å². The van der Waals surface area contributed by atoms with Gasteiger partial charge in [-0.15, -0.1) is 0 Å². The van der Waals surface area contributed by atoms with Crippen molar-refractivity contribution in [3.05, 3.63) is 24.4 Å². The molecule has 89 valence electrons. The molecule has 1 aliphatic carbocycles. The van der Waals surface area contributed by atoms with E-state index in [4.69, 9.17) is 5.10 Å². The van der Waals surface area contributed by atoms with E-state index in [1.54, 1.807) is 0 Å². The third kappa shape index (κ3) is 2.31. The molecule has 16 heavy (non-hydrogen) atoms. The molecule has 0 saturated heterocycles. The summed E-state index contributed by atoms with van der Waals surface area (Å²) in [4.78, 5) is 0. The molecule has 0 bridgehead atoms. The van der Waals surface area contributed by atoms with Gasteiger partial charge in [-0.3, -0.25) is 4.68 Å². The van der Waals surface area contributed by atoms with Gasteiger partial charge in [0, 0.05) is 17.7 Å². The zero-order chi connectivity index (χ0) is 11.8. The van der Waals surface area contributed by atoms with Crippen molar-refractivity contribution in [2.45, 2.75) is 58.4 Å². The molecule has 1 saturated carbocycles. The molecule has 0 unspecified atom stereocenters. The van der Waals surface area contributed by atoms with E-state index in [1.165, 1.54) is 30.7 Å². The fraction of sp³-hybridized carbons (Fsp3) is 0.714. The van der Waals surface area contributed by atoms with E-state index < -0.39 is 0 Å². The summed E-state index contributed by atoms with van der Waals surface area (Å²) in [6.45, 7) is 11.8. The minimum atomic E-state index is 0.148. The molecule has 0 amide bonds. The highest BCUT2D eigenvalue weighted by atomic mass is 15.3. The highest BCUT2D eigenvalue weighted by molar-refractivity contribution is 5.18. The Balaban J connectivity index is 2.18. The molecule has 0 spiro atoms. The molecule has 1 heterocycles. The van der Waals surface area contributed by atoms with Gasteiger partial charge in [0.25, 0.3) is 0 Å². The van der Waals surface area contributed by atoms with Crippen LogP contribution in [0.1, 0.15) is 51.4 Å². The van der Waals surface area contributed by atoms with E-state index in [0.29, 0.717) is 0 Å². The average Bonchev–Trinajstić information content (AvgIpc) is 2.53. The minimum absolute atomic E-state index is 0.148. The molecule has 2 heteroatoms. The van der Waals surface area contributed by atoms with Crippen LogP contribution in [0.3, 0.4) is 0 Å². The SMILES string of the molecule is [CH2]Cc1cc(C(C)(C)C)nn1CC1CCC1. The Morgan fingerprint density at radius 3 is 2.56 bits per heavy atom. The van der Waals surface area contributed by atoms with Crippen LogP contribution in [0.4, 0.5) is 0 Å². The van der Waals surface area contributed by atoms with Gasteiger partial charge in [-0.2, -0.15) is 5.10 Å². The quantitative estimate of drug-likeness (QED) is 0.762. The fourth-order valence-electron chi connectivity index (χ4n) is 2.10. The molecule has 1 aliphatic rings. The summed E-state index contributed by atoms with van der Waals surface area (Å²) in [5, 5.41) is 4.75. The van der Waals surface area contributed by atoms with E-state index in [9.17, 15) is 0 Å². The smallest absolute Gasteiger partial charge is 0.0680 e. The standard InChI is InChI=1S/C14H23N2/c1-5-12-9-13(14(2,3)4)15-16(12)10-11-7-6-8-11/h9,11H,1,5-8,10H2,2-4H3. The molecule has 1 radical (unpaired) electrons. The summed E-state index contributed by atoms with van der Waals surface area (Å²) in [7, 11) is 0. The van der Waals surface area contributed by atoms with Crippen molar-refractivity contribution < 1.29 is 0 Å². The van der Waals surface area contributed by atoms with Crippen molar-refractivity contribution in [3.63, 3.8) is 0 Å². The molecule has 2 nitrogen and oxygen atoms in total. The third-order valence-electron chi connectivity index (χ3n) is 3.54. The highest BCUT2D eigenvalue weighted by Crippen LogP contribution is 2.29. The number of rotatable bonds is 3. The summed E-state index contributed by atoms with van der Waals surface area (Å²) >= 11 is 0. The van der Waals surface area contributed by atoms with Crippen molar-refractivity contribution in [1.82, 2.24) is 9.78 Å². The lowest BCUT2D eigenvalue weighted by Gasteiger charge is -2.25. The second kappa shape index (κ2) is 4.23. The van der Waals surface area contributed by atoms with Gasteiger partial charge in [-0.25, -0.2) is 0 Å². The first-order chi connectivity index (χ1) is 7.50. The minimum Gasteiger partial charge on any atom is -0.269 e. The van der Waals surface area contributed by atoms with Crippen LogP contribution in [-0.4, -0.2) is 9.78 Å². The topological polar surface area (TPSA) is 17.8 Å². The second-order valence-electron chi connectivity index (χ2n) is 6.00. The maximum atomic E-state index is 4.75. The number of hydrogen-bond donors (Lipinski definition) is 0. The van der Waals surface area contributed by atoms with Crippen molar-refractivity contribution in [3.8, 4) is 0 Å². The van der Waals surface area contributed by atoms with Gasteiger partial charge >= 0.3 is 0 Å². The zero-order valence-electron chi connectivity index (χ0n) is 10.8. The van der Waals surface area contributed by atoms with Gasteiger partial charge in [0.15, 0.2) is 0 Å². The predicted octanol–water partition coefficient (Wildman–Crippen LogP) is 3.36. The van der Waals surface area contributed by atoms with Crippen LogP contribution in [0.5, 0.6) is 0 Å². The summed E-state index contributed by atoms with van der Waals surface area (Å²) in [5.41, 5.74) is 2.64. The van der Waals surface area contributed by atoms with Crippen LogP contribution in [-0.2, 0) is 18.4 Å². The molecule has 0 N–H and O–H groups in total.